The second-order valence-corrected chi connectivity index (χ2v) is 6.96. The number of hydrogen-bond donors (Lipinski definition) is 2. The predicted octanol–water partition coefficient (Wildman–Crippen LogP) is 3.41. The monoisotopic (exact) mass is 363 g/mol. The van der Waals surface area contributed by atoms with Gasteiger partial charge in [-0.1, -0.05) is 12.1 Å². The van der Waals surface area contributed by atoms with Gasteiger partial charge in [0.15, 0.2) is 0 Å². The molecule has 2 fully saturated rings. The van der Waals surface area contributed by atoms with Crippen molar-refractivity contribution in [1.29, 1.82) is 0 Å². The molecule has 0 bridgehead atoms. The van der Waals surface area contributed by atoms with Gasteiger partial charge in [0.05, 0.1) is 11.4 Å². The molecule has 2 aromatic rings. The molecule has 0 unspecified atom stereocenters. The first-order valence-electron chi connectivity index (χ1n) is 9.23. The van der Waals surface area contributed by atoms with E-state index in [1.165, 1.54) is 0 Å². The Balaban J connectivity index is 1.46. The van der Waals surface area contributed by atoms with E-state index in [-0.39, 0.29) is 23.6 Å². The van der Waals surface area contributed by atoms with Crippen molar-refractivity contribution in [3.05, 3.63) is 54.1 Å². The fourth-order valence-electron chi connectivity index (χ4n) is 3.21. The number of amides is 3. The molecule has 0 spiro atoms. The number of carbonyl (C=O) groups excluding carboxylic acids is 3. The van der Waals surface area contributed by atoms with Crippen molar-refractivity contribution in [2.45, 2.75) is 25.7 Å². The lowest BCUT2D eigenvalue weighted by Gasteiger charge is -2.20. The number of carbonyl (C=O) groups is 3. The van der Waals surface area contributed by atoms with Gasteiger partial charge in [-0.3, -0.25) is 14.4 Å². The van der Waals surface area contributed by atoms with Crippen molar-refractivity contribution in [2.24, 2.45) is 5.92 Å². The minimum Gasteiger partial charge on any atom is -0.326 e. The van der Waals surface area contributed by atoms with E-state index < -0.39 is 0 Å². The highest BCUT2D eigenvalue weighted by Crippen LogP contribution is 2.31. The van der Waals surface area contributed by atoms with Crippen LogP contribution in [0, 0.1) is 5.92 Å². The number of rotatable bonds is 5. The Morgan fingerprint density at radius 2 is 1.70 bits per heavy atom. The highest BCUT2D eigenvalue weighted by Gasteiger charge is 2.29. The molecule has 2 aromatic carbocycles. The average Bonchev–Trinajstić information content (AvgIpc) is 3.45. The van der Waals surface area contributed by atoms with Gasteiger partial charge in [0.25, 0.3) is 5.91 Å². The molecule has 1 saturated carbocycles. The van der Waals surface area contributed by atoms with Gasteiger partial charge in [0, 0.05) is 30.1 Å². The van der Waals surface area contributed by atoms with Gasteiger partial charge in [-0.25, -0.2) is 0 Å². The largest absolute Gasteiger partial charge is 0.326 e. The van der Waals surface area contributed by atoms with E-state index in [1.54, 1.807) is 35.2 Å². The Kier molecular flexibility index (Phi) is 4.62. The van der Waals surface area contributed by atoms with Crippen LogP contribution in [0.3, 0.4) is 0 Å². The van der Waals surface area contributed by atoms with Gasteiger partial charge < -0.3 is 15.5 Å². The minimum absolute atomic E-state index is 0.0383. The second-order valence-electron chi connectivity index (χ2n) is 6.96. The zero-order valence-corrected chi connectivity index (χ0v) is 14.9. The van der Waals surface area contributed by atoms with Crippen molar-refractivity contribution in [1.82, 2.24) is 0 Å². The van der Waals surface area contributed by atoms with E-state index in [2.05, 4.69) is 10.6 Å². The maximum Gasteiger partial charge on any atom is 0.255 e. The van der Waals surface area contributed by atoms with Crippen molar-refractivity contribution < 1.29 is 14.4 Å². The van der Waals surface area contributed by atoms with E-state index in [0.29, 0.717) is 29.9 Å². The van der Waals surface area contributed by atoms with Crippen LogP contribution in [-0.2, 0) is 9.59 Å². The Morgan fingerprint density at radius 3 is 2.37 bits per heavy atom. The van der Waals surface area contributed by atoms with Crippen LogP contribution in [0.25, 0.3) is 0 Å². The van der Waals surface area contributed by atoms with Crippen LogP contribution in [0.5, 0.6) is 0 Å². The van der Waals surface area contributed by atoms with Crippen LogP contribution in [0.4, 0.5) is 17.1 Å². The number of para-hydroxylation sites is 2. The van der Waals surface area contributed by atoms with Gasteiger partial charge >= 0.3 is 0 Å². The molecule has 6 heteroatoms. The third-order valence-electron chi connectivity index (χ3n) is 4.88. The van der Waals surface area contributed by atoms with Crippen LogP contribution in [0.1, 0.15) is 36.0 Å². The molecular formula is C21H21N3O3. The van der Waals surface area contributed by atoms with Crippen molar-refractivity contribution in [3.8, 4) is 0 Å². The molecule has 1 aliphatic heterocycles. The Morgan fingerprint density at radius 1 is 0.963 bits per heavy atom. The van der Waals surface area contributed by atoms with Gasteiger partial charge in [-0.05, 0) is 55.7 Å². The van der Waals surface area contributed by atoms with Gasteiger partial charge in [0.1, 0.15) is 0 Å². The molecule has 138 valence electrons. The number of nitrogens with zero attached hydrogens (tertiary/aromatic N) is 1. The van der Waals surface area contributed by atoms with Crippen LogP contribution in [-0.4, -0.2) is 24.3 Å². The summed E-state index contributed by atoms with van der Waals surface area (Å²) >= 11 is 0. The maximum atomic E-state index is 12.6. The lowest BCUT2D eigenvalue weighted by atomic mass is 10.1. The first-order valence-corrected chi connectivity index (χ1v) is 9.23. The average molecular weight is 363 g/mol. The minimum atomic E-state index is -0.255. The number of hydrogen-bond acceptors (Lipinski definition) is 3. The van der Waals surface area contributed by atoms with Gasteiger partial charge in [-0.15, -0.1) is 0 Å². The SMILES string of the molecule is O=C(Nc1ccccc1N1CCCC1=O)c1ccc(NC(=O)C2CC2)cc1. The third kappa shape index (κ3) is 3.84. The van der Waals surface area contributed by atoms with Crippen molar-refractivity contribution >= 4 is 34.8 Å². The van der Waals surface area contributed by atoms with Gasteiger partial charge in [0.2, 0.25) is 11.8 Å². The van der Waals surface area contributed by atoms with Crippen LogP contribution in [0.2, 0.25) is 0 Å². The summed E-state index contributed by atoms with van der Waals surface area (Å²) in [6, 6.07) is 14.1. The highest BCUT2D eigenvalue weighted by molar-refractivity contribution is 6.08. The molecule has 27 heavy (non-hydrogen) atoms. The molecule has 0 radical (unpaired) electrons. The van der Waals surface area contributed by atoms with E-state index >= 15 is 0 Å². The summed E-state index contributed by atoms with van der Waals surface area (Å²) in [4.78, 5) is 38.2. The van der Waals surface area contributed by atoms with Crippen molar-refractivity contribution in [3.63, 3.8) is 0 Å². The van der Waals surface area contributed by atoms with Crippen LogP contribution >= 0.6 is 0 Å². The fourth-order valence-corrected chi connectivity index (χ4v) is 3.21. The summed E-state index contributed by atoms with van der Waals surface area (Å²) in [5.74, 6) is -0.00388. The van der Waals surface area contributed by atoms with Crippen LogP contribution in [0.15, 0.2) is 48.5 Å². The highest BCUT2D eigenvalue weighted by atomic mass is 16.2. The quantitative estimate of drug-likeness (QED) is 0.854. The lowest BCUT2D eigenvalue weighted by molar-refractivity contribution is -0.118. The molecule has 1 aliphatic carbocycles. The molecule has 2 N–H and O–H groups in total. The molecule has 1 saturated heterocycles. The molecule has 6 nitrogen and oxygen atoms in total. The molecule has 0 atom stereocenters. The van der Waals surface area contributed by atoms with E-state index in [1.807, 2.05) is 18.2 Å². The molecule has 3 amide bonds. The van der Waals surface area contributed by atoms with Crippen molar-refractivity contribution in [2.75, 3.05) is 22.1 Å². The van der Waals surface area contributed by atoms with Gasteiger partial charge in [-0.2, -0.15) is 0 Å². The molecular weight excluding hydrogens is 342 g/mol. The summed E-state index contributed by atoms with van der Waals surface area (Å²) in [6.45, 7) is 0.668. The summed E-state index contributed by atoms with van der Waals surface area (Å²) in [5, 5.41) is 5.75. The first-order chi connectivity index (χ1) is 13.1. The lowest BCUT2D eigenvalue weighted by Crippen LogP contribution is -2.25. The van der Waals surface area contributed by atoms with E-state index in [0.717, 1.165) is 24.9 Å². The zero-order chi connectivity index (χ0) is 18.8. The summed E-state index contributed by atoms with van der Waals surface area (Å²) in [5.41, 5.74) is 2.51. The standard InChI is InChI=1S/C21H21N3O3/c25-19-6-3-13-24(19)18-5-2-1-4-17(18)23-21(27)15-9-11-16(12-10-15)22-20(26)14-7-8-14/h1-2,4-5,9-12,14H,3,6-8,13H2,(H,22,26)(H,23,27). The smallest absolute Gasteiger partial charge is 0.255 e. The van der Waals surface area contributed by atoms with E-state index in [9.17, 15) is 14.4 Å². The molecule has 4 rings (SSSR count). The predicted molar refractivity (Wildman–Crippen MR) is 104 cm³/mol. The second kappa shape index (κ2) is 7.23. The summed E-state index contributed by atoms with van der Waals surface area (Å²) in [6.07, 6.45) is 3.27. The topological polar surface area (TPSA) is 78.5 Å². The zero-order valence-electron chi connectivity index (χ0n) is 14.9. The summed E-state index contributed by atoms with van der Waals surface area (Å²) in [7, 11) is 0. The normalized spacial score (nSPS) is 16.3. The summed E-state index contributed by atoms with van der Waals surface area (Å²) < 4.78 is 0. The third-order valence-corrected chi connectivity index (χ3v) is 4.88. The molecule has 1 heterocycles. The number of nitrogens with one attached hydrogen (secondary N) is 2. The Labute approximate surface area is 157 Å². The fraction of sp³-hybridized carbons (Fsp3) is 0.286. The Bertz CT molecular complexity index is 888. The number of anilines is 3. The maximum absolute atomic E-state index is 12.6. The Hall–Kier alpha value is -3.15. The van der Waals surface area contributed by atoms with Crippen LogP contribution < -0.4 is 15.5 Å². The molecule has 0 aromatic heterocycles. The number of benzene rings is 2. The molecule has 2 aliphatic rings. The van der Waals surface area contributed by atoms with E-state index in [4.69, 9.17) is 0 Å². The first kappa shape index (κ1) is 17.3.